The van der Waals surface area contributed by atoms with Gasteiger partial charge < -0.3 is 5.11 Å². The molecule has 2 atom stereocenters. The normalized spacial score (nSPS) is 21.8. The van der Waals surface area contributed by atoms with Crippen molar-refractivity contribution in [1.82, 2.24) is 0 Å². The van der Waals surface area contributed by atoms with Gasteiger partial charge in [-0.15, -0.1) is 0 Å². The first kappa shape index (κ1) is 13.4. The highest BCUT2D eigenvalue weighted by Gasteiger charge is 2.31. The van der Waals surface area contributed by atoms with Crippen molar-refractivity contribution in [2.45, 2.75) is 44.6 Å². The number of benzene rings is 2. The minimum absolute atomic E-state index is 0.176. The Labute approximate surface area is 121 Å². The van der Waals surface area contributed by atoms with Crippen molar-refractivity contribution in [3.8, 4) is 0 Å². The molecule has 0 amide bonds. The Morgan fingerprint density at radius 3 is 2.20 bits per heavy atom. The highest BCUT2D eigenvalue weighted by molar-refractivity contribution is 5.41. The van der Waals surface area contributed by atoms with Gasteiger partial charge in [-0.25, -0.2) is 0 Å². The van der Waals surface area contributed by atoms with Crippen LogP contribution >= 0.6 is 0 Å². The molecule has 2 aromatic carbocycles. The van der Waals surface area contributed by atoms with Crippen LogP contribution in [0, 0.1) is 0 Å². The monoisotopic (exact) mass is 266 g/mol. The van der Waals surface area contributed by atoms with Crippen molar-refractivity contribution < 1.29 is 5.11 Å². The van der Waals surface area contributed by atoms with E-state index in [0.29, 0.717) is 0 Å². The van der Waals surface area contributed by atoms with Crippen molar-refractivity contribution in [2.75, 3.05) is 0 Å². The first-order chi connectivity index (χ1) is 9.47. The average molecular weight is 266 g/mol. The second-order valence-corrected chi connectivity index (χ2v) is 6.83. The molecule has 0 spiro atoms. The molecule has 0 aliphatic heterocycles. The van der Waals surface area contributed by atoms with E-state index in [1.54, 1.807) is 0 Å². The summed E-state index contributed by atoms with van der Waals surface area (Å²) >= 11 is 0. The molecule has 104 valence electrons. The van der Waals surface area contributed by atoms with Crippen LogP contribution in [0.25, 0.3) is 0 Å². The molecule has 1 heteroatoms. The van der Waals surface area contributed by atoms with E-state index in [2.05, 4.69) is 57.2 Å². The van der Waals surface area contributed by atoms with Gasteiger partial charge >= 0.3 is 0 Å². The van der Waals surface area contributed by atoms with Crippen LogP contribution in [-0.4, -0.2) is 5.11 Å². The molecular weight excluding hydrogens is 244 g/mol. The third-order valence-electron chi connectivity index (χ3n) is 4.40. The summed E-state index contributed by atoms with van der Waals surface area (Å²) < 4.78 is 0. The second-order valence-electron chi connectivity index (χ2n) is 6.83. The minimum Gasteiger partial charge on any atom is -0.388 e. The van der Waals surface area contributed by atoms with E-state index < -0.39 is 0 Å². The Morgan fingerprint density at radius 2 is 1.60 bits per heavy atom. The molecule has 0 heterocycles. The molecule has 1 aliphatic carbocycles. The van der Waals surface area contributed by atoms with E-state index in [1.165, 1.54) is 16.7 Å². The largest absolute Gasteiger partial charge is 0.388 e. The van der Waals surface area contributed by atoms with E-state index in [0.717, 1.165) is 12.0 Å². The number of aliphatic hydroxyl groups excluding tert-OH is 1. The number of rotatable bonds is 1. The van der Waals surface area contributed by atoms with Crippen LogP contribution in [0.3, 0.4) is 0 Å². The number of fused-ring (bicyclic) bond motifs is 1. The summed E-state index contributed by atoms with van der Waals surface area (Å²) in [6, 6.07) is 17.0. The third kappa shape index (κ3) is 2.27. The van der Waals surface area contributed by atoms with E-state index in [4.69, 9.17) is 0 Å². The number of aliphatic hydroxyl groups is 1. The number of hydrogen-bond acceptors (Lipinski definition) is 1. The molecule has 0 fully saturated rings. The van der Waals surface area contributed by atoms with Crippen LogP contribution in [0.4, 0.5) is 0 Å². The zero-order valence-electron chi connectivity index (χ0n) is 12.4. The predicted octanol–water partition coefficient (Wildman–Crippen LogP) is 4.36. The summed E-state index contributed by atoms with van der Waals surface area (Å²) in [5, 5.41) is 10.5. The maximum atomic E-state index is 10.5. The minimum atomic E-state index is -0.369. The van der Waals surface area contributed by atoms with Crippen LogP contribution in [0.5, 0.6) is 0 Å². The van der Waals surface area contributed by atoms with Gasteiger partial charge in [0, 0.05) is 5.92 Å². The lowest BCUT2D eigenvalue weighted by Crippen LogP contribution is -2.11. The van der Waals surface area contributed by atoms with E-state index in [1.807, 2.05) is 12.1 Å². The molecule has 1 nitrogen and oxygen atoms in total. The van der Waals surface area contributed by atoms with Gasteiger partial charge in [0.05, 0.1) is 6.10 Å². The lowest BCUT2D eigenvalue weighted by atomic mass is 9.85. The fraction of sp³-hybridized carbons (Fsp3) is 0.368. The summed E-state index contributed by atoms with van der Waals surface area (Å²) in [7, 11) is 0. The van der Waals surface area contributed by atoms with Crippen LogP contribution in [0.1, 0.15) is 55.0 Å². The number of hydrogen-bond donors (Lipinski definition) is 1. The maximum Gasteiger partial charge on any atom is 0.0864 e. The van der Waals surface area contributed by atoms with Crippen LogP contribution < -0.4 is 0 Å². The van der Waals surface area contributed by atoms with Gasteiger partial charge in [-0.05, 0) is 34.1 Å². The summed E-state index contributed by atoms with van der Waals surface area (Å²) in [5.41, 5.74) is 5.13. The summed E-state index contributed by atoms with van der Waals surface area (Å²) in [6.07, 6.45) is 0.568. The van der Waals surface area contributed by atoms with Gasteiger partial charge in [0.15, 0.2) is 0 Å². The molecule has 0 saturated heterocycles. The fourth-order valence-corrected chi connectivity index (χ4v) is 3.10. The van der Waals surface area contributed by atoms with Crippen LogP contribution in [-0.2, 0) is 11.8 Å². The SMILES string of the molecule is CC(C)(C)c1ccc(C2Cc3ccccc3C2O)cc1. The lowest BCUT2D eigenvalue weighted by molar-refractivity contribution is 0.158. The quantitative estimate of drug-likeness (QED) is 0.813. The molecule has 0 bridgehead atoms. The van der Waals surface area contributed by atoms with Gasteiger partial charge in [0.25, 0.3) is 0 Å². The highest BCUT2D eigenvalue weighted by Crippen LogP contribution is 2.42. The van der Waals surface area contributed by atoms with Crippen molar-refractivity contribution in [3.63, 3.8) is 0 Å². The maximum absolute atomic E-state index is 10.5. The Hall–Kier alpha value is -1.60. The van der Waals surface area contributed by atoms with Crippen LogP contribution in [0.15, 0.2) is 48.5 Å². The van der Waals surface area contributed by atoms with E-state index >= 15 is 0 Å². The Balaban J connectivity index is 1.89. The lowest BCUT2D eigenvalue weighted by Gasteiger charge is -2.21. The summed E-state index contributed by atoms with van der Waals surface area (Å²) in [6.45, 7) is 6.67. The average Bonchev–Trinajstić information content (AvgIpc) is 2.76. The van der Waals surface area contributed by atoms with Crippen molar-refractivity contribution in [3.05, 3.63) is 70.8 Å². The second kappa shape index (κ2) is 4.75. The standard InChI is InChI=1S/C19H22O/c1-19(2,3)15-10-8-13(9-11-15)17-12-14-6-4-5-7-16(14)18(17)20/h4-11,17-18,20H,12H2,1-3H3. The summed E-state index contributed by atoms with van der Waals surface area (Å²) in [4.78, 5) is 0. The molecule has 0 saturated carbocycles. The van der Waals surface area contributed by atoms with Gasteiger partial charge in [-0.1, -0.05) is 69.3 Å². The first-order valence-corrected chi connectivity index (χ1v) is 7.33. The molecule has 1 aliphatic rings. The molecular formula is C19H22O. The van der Waals surface area contributed by atoms with Gasteiger partial charge in [-0.3, -0.25) is 0 Å². The Morgan fingerprint density at radius 1 is 0.950 bits per heavy atom. The summed E-state index contributed by atoms with van der Waals surface area (Å²) in [5.74, 6) is 0.196. The first-order valence-electron chi connectivity index (χ1n) is 7.33. The zero-order chi connectivity index (χ0) is 14.3. The predicted molar refractivity (Wildman–Crippen MR) is 83.0 cm³/mol. The van der Waals surface area contributed by atoms with E-state index in [-0.39, 0.29) is 17.4 Å². The topological polar surface area (TPSA) is 20.2 Å². The van der Waals surface area contributed by atoms with Gasteiger partial charge in [0.1, 0.15) is 0 Å². The van der Waals surface area contributed by atoms with Crippen LogP contribution in [0.2, 0.25) is 0 Å². The molecule has 0 radical (unpaired) electrons. The Kier molecular flexibility index (Phi) is 3.18. The molecule has 0 aromatic heterocycles. The molecule has 3 rings (SSSR count). The van der Waals surface area contributed by atoms with Crippen molar-refractivity contribution in [1.29, 1.82) is 0 Å². The zero-order valence-corrected chi connectivity index (χ0v) is 12.4. The van der Waals surface area contributed by atoms with E-state index in [9.17, 15) is 5.11 Å². The molecule has 2 aromatic rings. The molecule has 2 unspecified atom stereocenters. The molecule has 20 heavy (non-hydrogen) atoms. The third-order valence-corrected chi connectivity index (χ3v) is 4.40. The molecule has 1 N–H and O–H groups in total. The fourth-order valence-electron chi connectivity index (χ4n) is 3.10. The highest BCUT2D eigenvalue weighted by atomic mass is 16.3. The Bertz CT molecular complexity index is 604. The van der Waals surface area contributed by atoms with Gasteiger partial charge in [-0.2, -0.15) is 0 Å². The smallest absolute Gasteiger partial charge is 0.0864 e. The van der Waals surface area contributed by atoms with Crippen molar-refractivity contribution >= 4 is 0 Å². The van der Waals surface area contributed by atoms with Gasteiger partial charge in [0.2, 0.25) is 0 Å². The van der Waals surface area contributed by atoms with Crippen molar-refractivity contribution in [2.24, 2.45) is 0 Å².